The molecule has 2 aromatic carbocycles. The molecular formula is C25H34N5O4PS. The number of rotatable bonds is 8. The fourth-order valence-corrected chi connectivity index (χ4v) is 7.04. The first-order valence-corrected chi connectivity index (χ1v) is 16.3. The molecule has 194 valence electrons. The van der Waals surface area contributed by atoms with Gasteiger partial charge in [-0.05, 0) is 26.0 Å². The number of para-hydroxylation sites is 1. The minimum absolute atomic E-state index is 0.241. The van der Waals surface area contributed by atoms with E-state index >= 15 is 0 Å². The molecule has 0 aliphatic carbocycles. The number of anilines is 5. The number of methoxy groups -OCH3 is 1. The molecular weight excluding hydrogens is 497 g/mol. The molecule has 0 spiro atoms. The van der Waals surface area contributed by atoms with Gasteiger partial charge in [0.25, 0.3) is 0 Å². The van der Waals surface area contributed by atoms with E-state index in [-0.39, 0.29) is 4.90 Å². The number of benzene rings is 2. The quantitative estimate of drug-likeness (QED) is 0.367. The van der Waals surface area contributed by atoms with Gasteiger partial charge in [-0.3, -0.25) is 0 Å². The summed E-state index contributed by atoms with van der Waals surface area (Å²) in [5.74, 6) is 1.14. The van der Waals surface area contributed by atoms with Crippen molar-refractivity contribution in [2.75, 3.05) is 54.7 Å². The van der Waals surface area contributed by atoms with Gasteiger partial charge in [0.05, 0.1) is 15.8 Å². The Bertz CT molecular complexity index is 1320. The Morgan fingerprint density at radius 1 is 1.06 bits per heavy atom. The Morgan fingerprint density at radius 2 is 1.78 bits per heavy atom. The second-order valence-corrected chi connectivity index (χ2v) is 16.0. The zero-order valence-corrected chi connectivity index (χ0v) is 22.8. The van der Waals surface area contributed by atoms with Gasteiger partial charge in [0.15, 0.2) is 9.84 Å². The Kier molecular flexibility index (Phi) is 7.68. The number of sulfone groups is 1. The van der Waals surface area contributed by atoms with Crippen LogP contribution in [0.2, 0.25) is 0 Å². The molecule has 1 aromatic heterocycles. The average Bonchev–Trinajstić information content (AvgIpc) is 2.85. The van der Waals surface area contributed by atoms with Gasteiger partial charge in [0, 0.05) is 0 Å². The van der Waals surface area contributed by atoms with Gasteiger partial charge in [0.2, 0.25) is 0 Å². The van der Waals surface area contributed by atoms with Crippen molar-refractivity contribution in [2.45, 2.75) is 24.0 Å². The summed E-state index contributed by atoms with van der Waals surface area (Å²) < 4.78 is 31.2. The fraction of sp³-hybridized carbons (Fsp3) is 0.360. The van der Waals surface area contributed by atoms with Crippen molar-refractivity contribution < 1.29 is 18.0 Å². The molecule has 0 bridgehead atoms. The van der Waals surface area contributed by atoms with Gasteiger partial charge in [-0.25, -0.2) is 8.42 Å². The van der Waals surface area contributed by atoms with Crippen LogP contribution in [0.5, 0.6) is 5.75 Å². The van der Waals surface area contributed by atoms with Crippen molar-refractivity contribution >= 4 is 45.9 Å². The summed E-state index contributed by atoms with van der Waals surface area (Å²) >= 11 is 0. The summed E-state index contributed by atoms with van der Waals surface area (Å²) in [5.41, 5.74) is 2.86. The van der Waals surface area contributed by atoms with Gasteiger partial charge in [-0.15, -0.1) is 0 Å². The van der Waals surface area contributed by atoms with Gasteiger partial charge in [0.1, 0.15) is 0 Å². The molecule has 0 atom stereocenters. The summed E-state index contributed by atoms with van der Waals surface area (Å²) in [4.78, 5) is 12.9. The van der Waals surface area contributed by atoms with Crippen LogP contribution in [0.3, 0.4) is 0 Å². The van der Waals surface area contributed by atoms with Crippen LogP contribution < -0.4 is 20.3 Å². The van der Waals surface area contributed by atoms with E-state index < -0.39 is 22.6 Å². The monoisotopic (exact) mass is 531 g/mol. The molecule has 0 radical (unpaired) electrons. The second kappa shape index (κ2) is 10.6. The van der Waals surface area contributed by atoms with Gasteiger partial charge >= 0.3 is 141 Å². The van der Waals surface area contributed by atoms with E-state index in [4.69, 9.17) is 4.74 Å². The number of ether oxygens (including phenoxy) is 1. The third-order valence-corrected chi connectivity index (χ3v) is 11.2. The Hall–Kier alpha value is -2.94. The minimum atomic E-state index is -3.46. The van der Waals surface area contributed by atoms with E-state index in [1.807, 2.05) is 24.9 Å². The van der Waals surface area contributed by atoms with Crippen molar-refractivity contribution in [3.05, 3.63) is 54.7 Å². The van der Waals surface area contributed by atoms with Crippen LogP contribution in [-0.2, 0) is 9.84 Å². The molecule has 0 saturated carbocycles. The molecule has 0 amide bonds. The Labute approximate surface area is 213 Å². The van der Waals surface area contributed by atoms with Crippen molar-refractivity contribution in [1.29, 1.82) is 0 Å². The van der Waals surface area contributed by atoms with Crippen LogP contribution in [0.4, 0.5) is 28.6 Å². The molecule has 1 saturated heterocycles. The van der Waals surface area contributed by atoms with E-state index in [2.05, 4.69) is 25.7 Å². The maximum absolute atomic E-state index is 12.8. The number of nitrogens with one attached hydrogen (secondary N) is 2. The van der Waals surface area contributed by atoms with Crippen LogP contribution >= 0.6 is 7.49 Å². The SMILES string of the molecule is COc1cc(N2CC[PH](C)(O)CC2)ccc1Nc1cc(Nc2ccccc2S(=O)(=O)C(C)C)cnn1. The first-order valence-electron chi connectivity index (χ1n) is 11.9. The predicted octanol–water partition coefficient (Wildman–Crippen LogP) is 4.26. The van der Waals surface area contributed by atoms with Crippen LogP contribution in [-0.4, -0.2) is 67.9 Å². The van der Waals surface area contributed by atoms with E-state index in [0.717, 1.165) is 36.8 Å². The Balaban J connectivity index is 1.53. The van der Waals surface area contributed by atoms with E-state index in [0.29, 0.717) is 22.9 Å². The molecule has 1 aliphatic rings. The van der Waals surface area contributed by atoms with Crippen LogP contribution in [0.1, 0.15) is 13.8 Å². The maximum atomic E-state index is 12.8. The first-order chi connectivity index (χ1) is 17.1. The molecule has 0 unspecified atom stereocenters. The standard InChI is InChI=1S/C25H34N5O4PS/c1-18(2)36(32,33)24-8-6-5-7-22(24)27-19-15-25(29-26-17-19)28-21-10-9-20(16-23(21)34-3)30-11-13-35(4,31)14-12-30/h5-10,15-18,31,35H,11-14H2,1-4H3,(H2,27,28,29). The normalized spacial score (nSPS) is 16.4. The van der Waals surface area contributed by atoms with Gasteiger partial charge in [-0.1, -0.05) is 12.1 Å². The van der Waals surface area contributed by atoms with E-state index in [1.165, 1.54) is 0 Å². The molecule has 1 aliphatic heterocycles. The van der Waals surface area contributed by atoms with Crippen molar-refractivity contribution in [3.8, 4) is 5.75 Å². The van der Waals surface area contributed by atoms with Crippen LogP contribution in [0.15, 0.2) is 59.6 Å². The van der Waals surface area contributed by atoms with E-state index in [1.54, 1.807) is 57.5 Å². The van der Waals surface area contributed by atoms with Crippen molar-refractivity contribution in [2.24, 2.45) is 0 Å². The summed E-state index contributed by atoms with van der Waals surface area (Å²) in [6.07, 6.45) is 3.25. The summed E-state index contributed by atoms with van der Waals surface area (Å²) in [7, 11) is -3.89. The molecule has 1 fully saturated rings. The fourth-order valence-electron chi connectivity index (χ4n) is 4.09. The van der Waals surface area contributed by atoms with Crippen LogP contribution in [0, 0.1) is 0 Å². The zero-order chi connectivity index (χ0) is 25.9. The first kappa shape index (κ1) is 26.1. The third-order valence-electron chi connectivity index (χ3n) is 6.40. The van der Waals surface area contributed by atoms with E-state index in [9.17, 15) is 13.3 Å². The van der Waals surface area contributed by atoms with Crippen LogP contribution in [0.25, 0.3) is 0 Å². The molecule has 11 heteroatoms. The molecule has 4 rings (SSSR count). The summed E-state index contributed by atoms with van der Waals surface area (Å²) in [5, 5.41) is 14.1. The Morgan fingerprint density at radius 3 is 2.47 bits per heavy atom. The zero-order valence-electron chi connectivity index (χ0n) is 21.0. The number of aromatic nitrogens is 2. The van der Waals surface area contributed by atoms with Gasteiger partial charge < -0.3 is 0 Å². The summed E-state index contributed by atoms with van der Waals surface area (Å²) in [6, 6.07) is 14.5. The topological polar surface area (TPSA) is 117 Å². The molecule has 3 aromatic rings. The number of nitrogens with zero attached hydrogens (tertiary/aromatic N) is 3. The van der Waals surface area contributed by atoms with Crippen molar-refractivity contribution in [3.63, 3.8) is 0 Å². The molecule has 36 heavy (non-hydrogen) atoms. The molecule has 2 heterocycles. The predicted molar refractivity (Wildman–Crippen MR) is 149 cm³/mol. The molecule has 3 N–H and O–H groups in total. The number of hydrogen-bond acceptors (Lipinski definition) is 9. The van der Waals surface area contributed by atoms with Gasteiger partial charge in [-0.2, -0.15) is 0 Å². The number of hydrogen-bond donors (Lipinski definition) is 3. The second-order valence-electron chi connectivity index (χ2n) is 9.54. The average molecular weight is 532 g/mol. The van der Waals surface area contributed by atoms with Crippen molar-refractivity contribution in [1.82, 2.24) is 10.2 Å². The third kappa shape index (κ3) is 5.88. The summed E-state index contributed by atoms with van der Waals surface area (Å²) in [6.45, 7) is 7.02. The molecule has 9 nitrogen and oxygen atoms in total.